The van der Waals surface area contributed by atoms with Crippen molar-refractivity contribution >= 4 is 10.0 Å². The Bertz CT molecular complexity index is 933. The van der Waals surface area contributed by atoms with Gasteiger partial charge in [0.25, 0.3) is 0 Å². The molecule has 2 aromatic carbocycles. The van der Waals surface area contributed by atoms with Gasteiger partial charge < -0.3 is 5.11 Å². The number of nitrogens with zero attached hydrogens (tertiary/aromatic N) is 3. The van der Waals surface area contributed by atoms with E-state index in [-0.39, 0.29) is 10.9 Å². The minimum Gasteiger partial charge on any atom is -0.390 e. The van der Waals surface area contributed by atoms with Gasteiger partial charge in [0, 0.05) is 51.9 Å². The van der Waals surface area contributed by atoms with Crippen molar-refractivity contribution < 1.29 is 17.9 Å². The van der Waals surface area contributed by atoms with Crippen LogP contribution in [0.25, 0.3) is 0 Å². The highest BCUT2D eigenvalue weighted by atomic mass is 32.2. The van der Waals surface area contributed by atoms with Crippen LogP contribution < -0.4 is 0 Å². The van der Waals surface area contributed by atoms with Crippen LogP contribution in [-0.4, -0.2) is 79.0 Å². The van der Waals surface area contributed by atoms with Crippen LogP contribution in [0.15, 0.2) is 59.5 Å². The summed E-state index contributed by atoms with van der Waals surface area (Å²) in [4.78, 5) is 4.11. The Labute approximate surface area is 171 Å². The van der Waals surface area contributed by atoms with Gasteiger partial charge in [0.05, 0.1) is 6.10 Å². The van der Waals surface area contributed by atoms with Crippen LogP contribution in [0.1, 0.15) is 5.56 Å². The summed E-state index contributed by atoms with van der Waals surface area (Å²) in [5.74, 6) is -0.724. The number of hydrogen-bond donors (Lipinski definition) is 1. The minimum absolute atomic E-state index is 0.0166. The van der Waals surface area contributed by atoms with Gasteiger partial charge in [0.1, 0.15) is 10.7 Å². The average molecular weight is 420 g/mol. The summed E-state index contributed by atoms with van der Waals surface area (Å²) >= 11 is 0. The molecule has 8 heteroatoms. The van der Waals surface area contributed by atoms with Gasteiger partial charge in [-0.15, -0.1) is 0 Å². The molecule has 2 aliphatic heterocycles. The molecule has 6 nitrogen and oxygen atoms in total. The average Bonchev–Trinajstić information content (AvgIpc) is 3.09. The summed E-state index contributed by atoms with van der Waals surface area (Å²) in [7, 11) is -3.85. The molecule has 0 bridgehead atoms. The molecule has 4 rings (SSSR count). The standard InChI is InChI=1S/C21H26FN3O3S/c22-18-8-4-5-9-21(18)29(27,28)25-12-10-24(11-13-25)19-15-23(16-20(19)26)14-17-6-2-1-3-7-17/h1-9,19-20,26H,10-16H2/t19-,20-/m1/s1. The van der Waals surface area contributed by atoms with Gasteiger partial charge >= 0.3 is 0 Å². The van der Waals surface area contributed by atoms with Crippen LogP contribution in [0, 0.1) is 5.82 Å². The SMILES string of the molecule is O=S(=O)(c1ccccc1F)N1CCN([C@@H]2CN(Cc3ccccc3)C[C@H]2O)CC1. The van der Waals surface area contributed by atoms with Crippen LogP contribution in [0.5, 0.6) is 0 Å². The van der Waals surface area contributed by atoms with Crippen molar-refractivity contribution in [2.24, 2.45) is 0 Å². The zero-order valence-electron chi connectivity index (χ0n) is 16.2. The molecule has 0 radical (unpaired) electrons. The van der Waals surface area contributed by atoms with E-state index in [2.05, 4.69) is 21.9 Å². The summed E-state index contributed by atoms with van der Waals surface area (Å²) in [6.45, 7) is 3.76. The van der Waals surface area contributed by atoms with Crippen molar-refractivity contribution in [1.29, 1.82) is 0 Å². The normalized spacial score (nSPS) is 24.8. The maximum Gasteiger partial charge on any atom is 0.246 e. The van der Waals surface area contributed by atoms with Crippen molar-refractivity contribution in [3.63, 3.8) is 0 Å². The first-order valence-electron chi connectivity index (χ1n) is 9.88. The summed E-state index contributed by atoms with van der Waals surface area (Å²) in [6, 6.07) is 15.6. The molecule has 156 valence electrons. The lowest BCUT2D eigenvalue weighted by molar-refractivity contribution is 0.0618. The van der Waals surface area contributed by atoms with Crippen molar-refractivity contribution in [2.75, 3.05) is 39.3 Å². The Morgan fingerprint density at radius 3 is 2.28 bits per heavy atom. The van der Waals surface area contributed by atoms with E-state index in [1.807, 2.05) is 18.2 Å². The summed E-state index contributed by atoms with van der Waals surface area (Å²) in [6.07, 6.45) is -0.464. The molecule has 2 saturated heterocycles. The van der Waals surface area contributed by atoms with Gasteiger partial charge in [-0.1, -0.05) is 42.5 Å². The first-order valence-corrected chi connectivity index (χ1v) is 11.3. The van der Waals surface area contributed by atoms with Crippen LogP contribution in [0.2, 0.25) is 0 Å². The second-order valence-corrected chi connectivity index (χ2v) is 9.59. The van der Waals surface area contributed by atoms with Crippen molar-refractivity contribution in [3.8, 4) is 0 Å². The lowest BCUT2D eigenvalue weighted by Crippen LogP contribution is -2.54. The smallest absolute Gasteiger partial charge is 0.246 e. The van der Waals surface area contributed by atoms with E-state index >= 15 is 0 Å². The van der Waals surface area contributed by atoms with Gasteiger partial charge in [-0.25, -0.2) is 12.8 Å². The molecule has 2 heterocycles. The van der Waals surface area contributed by atoms with Crippen LogP contribution in [0.3, 0.4) is 0 Å². The lowest BCUT2D eigenvalue weighted by atomic mass is 10.1. The molecule has 2 fully saturated rings. The Morgan fingerprint density at radius 2 is 1.59 bits per heavy atom. The highest BCUT2D eigenvalue weighted by Crippen LogP contribution is 2.24. The number of hydrogen-bond acceptors (Lipinski definition) is 5. The maximum absolute atomic E-state index is 14.0. The van der Waals surface area contributed by atoms with Gasteiger partial charge in [0.15, 0.2) is 0 Å². The van der Waals surface area contributed by atoms with Crippen LogP contribution >= 0.6 is 0 Å². The number of halogens is 1. The summed E-state index contributed by atoms with van der Waals surface area (Å²) < 4.78 is 40.9. The molecule has 2 atom stereocenters. The lowest BCUT2D eigenvalue weighted by Gasteiger charge is -2.38. The van der Waals surface area contributed by atoms with Crippen molar-refractivity contribution in [2.45, 2.75) is 23.6 Å². The molecule has 0 spiro atoms. The first-order chi connectivity index (χ1) is 13.9. The predicted molar refractivity (Wildman–Crippen MR) is 108 cm³/mol. The first kappa shape index (κ1) is 20.4. The van der Waals surface area contributed by atoms with E-state index < -0.39 is 21.9 Å². The molecule has 2 aliphatic rings. The topological polar surface area (TPSA) is 64.1 Å². The molecule has 2 aromatic rings. The number of sulfonamides is 1. The molecular weight excluding hydrogens is 393 g/mol. The number of rotatable bonds is 5. The fraction of sp³-hybridized carbons (Fsp3) is 0.429. The fourth-order valence-electron chi connectivity index (χ4n) is 4.25. The second kappa shape index (κ2) is 8.49. The number of likely N-dealkylation sites (tertiary alicyclic amines) is 1. The largest absolute Gasteiger partial charge is 0.390 e. The highest BCUT2D eigenvalue weighted by molar-refractivity contribution is 7.89. The van der Waals surface area contributed by atoms with Crippen LogP contribution in [-0.2, 0) is 16.6 Å². The van der Waals surface area contributed by atoms with Gasteiger partial charge in [0.2, 0.25) is 10.0 Å². The Kier molecular flexibility index (Phi) is 5.98. The van der Waals surface area contributed by atoms with E-state index in [9.17, 15) is 17.9 Å². The summed E-state index contributed by atoms with van der Waals surface area (Å²) in [5, 5.41) is 10.6. The number of piperazine rings is 1. The molecule has 0 aliphatic carbocycles. The molecule has 0 saturated carbocycles. The summed E-state index contributed by atoms with van der Waals surface area (Å²) in [5.41, 5.74) is 1.21. The molecule has 29 heavy (non-hydrogen) atoms. The third-order valence-electron chi connectivity index (χ3n) is 5.78. The Hall–Kier alpha value is -1.84. The number of aliphatic hydroxyl groups is 1. The third-order valence-corrected chi connectivity index (χ3v) is 7.71. The van der Waals surface area contributed by atoms with Gasteiger partial charge in [-0.2, -0.15) is 4.31 Å². The maximum atomic E-state index is 14.0. The Morgan fingerprint density at radius 1 is 0.931 bits per heavy atom. The monoisotopic (exact) mass is 419 g/mol. The third kappa shape index (κ3) is 4.36. The van der Waals surface area contributed by atoms with E-state index in [1.165, 1.54) is 34.1 Å². The fourth-order valence-corrected chi connectivity index (χ4v) is 5.73. The van der Waals surface area contributed by atoms with E-state index in [4.69, 9.17) is 0 Å². The van der Waals surface area contributed by atoms with Crippen LogP contribution in [0.4, 0.5) is 4.39 Å². The van der Waals surface area contributed by atoms with Crippen molar-refractivity contribution in [1.82, 2.24) is 14.1 Å². The second-order valence-electron chi connectivity index (χ2n) is 7.68. The molecule has 1 N–H and O–H groups in total. The molecule has 0 aromatic heterocycles. The number of β-amino-alcohol motifs (C(OH)–C–C–N with tert-alkyl or cyclic N) is 1. The quantitative estimate of drug-likeness (QED) is 0.793. The van der Waals surface area contributed by atoms with E-state index in [0.717, 1.165) is 13.1 Å². The van der Waals surface area contributed by atoms with Gasteiger partial charge in [-0.3, -0.25) is 9.80 Å². The predicted octanol–water partition coefficient (Wildman–Crippen LogP) is 1.38. The Balaban J connectivity index is 1.36. The van der Waals surface area contributed by atoms with Gasteiger partial charge in [-0.05, 0) is 17.7 Å². The number of benzene rings is 2. The molecular formula is C21H26FN3O3S. The molecule has 0 unspecified atom stereocenters. The van der Waals surface area contributed by atoms with E-state index in [0.29, 0.717) is 32.7 Å². The molecule has 0 amide bonds. The van der Waals surface area contributed by atoms with E-state index in [1.54, 1.807) is 0 Å². The zero-order chi connectivity index (χ0) is 20.4. The highest BCUT2D eigenvalue weighted by Gasteiger charge is 2.38. The zero-order valence-corrected chi connectivity index (χ0v) is 17.0. The number of aliphatic hydroxyl groups excluding tert-OH is 1. The minimum atomic E-state index is -3.85. The van der Waals surface area contributed by atoms with Crippen molar-refractivity contribution in [3.05, 3.63) is 66.0 Å².